The van der Waals surface area contributed by atoms with Crippen LogP contribution in [0.2, 0.25) is 0 Å². The molecular weight excluding hydrogens is 222 g/mol. The maximum atomic E-state index is 5.59. The number of hydrogen-bond acceptors (Lipinski definition) is 5. The molecule has 16 heavy (non-hydrogen) atoms. The Kier molecular flexibility index (Phi) is 4.20. The summed E-state index contributed by atoms with van der Waals surface area (Å²) >= 11 is 2.01. The van der Waals surface area contributed by atoms with Crippen LogP contribution < -0.4 is 11.3 Å². The highest BCUT2D eigenvalue weighted by Gasteiger charge is 2.19. The molecule has 0 radical (unpaired) electrons. The first-order valence-corrected chi connectivity index (χ1v) is 6.78. The summed E-state index contributed by atoms with van der Waals surface area (Å²) in [5.74, 6) is 6.57. The molecule has 0 bridgehead atoms. The molecule has 0 aliphatic heterocycles. The van der Waals surface area contributed by atoms with Gasteiger partial charge in [0.25, 0.3) is 0 Å². The molecule has 1 saturated carbocycles. The zero-order valence-corrected chi connectivity index (χ0v) is 10.4. The molecule has 1 aromatic rings. The fourth-order valence-electron chi connectivity index (χ4n) is 2.12. The van der Waals surface area contributed by atoms with Gasteiger partial charge in [0, 0.05) is 18.1 Å². The van der Waals surface area contributed by atoms with Crippen molar-refractivity contribution in [3.63, 3.8) is 0 Å². The summed E-state index contributed by atoms with van der Waals surface area (Å²) in [4.78, 5) is 0. The van der Waals surface area contributed by atoms with E-state index in [1.807, 2.05) is 18.8 Å². The van der Waals surface area contributed by atoms with Crippen molar-refractivity contribution in [3.05, 3.63) is 11.9 Å². The highest BCUT2D eigenvalue weighted by atomic mass is 32.2. The van der Waals surface area contributed by atoms with Crippen molar-refractivity contribution in [1.82, 2.24) is 20.4 Å². The predicted octanol–water partition coefficient (Wildman–Crippen LogP) is 0.995. The van der Waals surface area contributed by atoms with Crippen LogP contribution in [0.5, 0.6) is 0 Å². The molecule has 2 rings (SSSR count). The second-order valence-corrected chi connectivity index (χ2v) is 5.57. The van der Waals surface area contributed by atoms with E-state index in [9.17, 15) is 0 Å². The van der Waals surface area contributed by atoms with Gasteiger partial charge in [-0.2, -0.15) is 11.8 Å². The van der Waals surface area contributed by atoms with Crippen LogP contribution in [0.15, 0.2) is 6.20 Å². The Balaban J connectivity index is 1.88. The molecule has 1 atom stereocenters. The lowest BCUT2D eigenvalue weighted by Crippen LogP contribution is -2.31. The Morgan fingerprint density at radius 1 is 1.62 bits per heavy atom. The number of aromatic nitrogens is 3. The van der Waals surface area contributed by atoms with Crippen LogP contribution in [-0.2, 0) is 7.05 Å². The Morgan fingerprint density at radius 3 is 2.94 bits per heavy atom. The van der Waals surface area contributed by atoms with Gasteiger partial charge >= 0.3 is 0 Å². The second kappa shape index (κ2) is 5.65. The molecule has 90 valence electrons. The van der Waals surface area contributed by atoms with E-state index >= 15 is 0 Å². The van der Waals surface area contributed by atoms with Gasteiger partial charge in [-0.05, 0) is 12.8 Å². The third kappa shape index (κ3) is 2.75. The van der Waals surface area contributed by atoms with Crippen LogP contribution >= 0.6 is 11.8 Å². The van der Waals surface area contributed by atoms with E-state index in [1.54, 1.807) is 10.9 Å². The SMILES string of the molecule is Cn1nncc1C(CSC1CCCC1)NN. The van der Waals surface area contributed by atoms with Gasteiger partial charge in [-0.25, -0.2) is 0 Å². The zero-order valence-electron chi connectivity index (χ0n) is 9.59. The van der Waals surface area contributed by atoms with Crippen LogP contribution in [0, 0.1) is 0 Å². The molecule has 1 aromatic heterocycles. The number of nitrogens with one attached hydrogen (secondary N) is 1. The maximum absolute atomic E-state index is 5.59. The van der Waals surface area contributed by atoms with Crippen LogP contribution in [0.1, 0.15) is 37.4 Å². The smallest absolute Gasteiger partial charge is 0.0775 e. The van der Waals surface area contributed by atoms with Gasteiger partial charge in [-0.1, -0.05) is 18.1 Å². The average Bonchev–Trinajstić information content (AvgIpc) is 2.92. The fourth-order valence-corrected chi connectivity index (χ4v) is 3.52. The number of hydrogen-bond donors (Lipinski definition) is 2. The molecule has 0 amide bonds. The first kappa shape index (κ1) is 11.9. The first-order chi connectivity index (χ1) is 7.81. The Bertz CT molecular complexity index is 321. The summed E-state index contributed by atoms with van der Waals surface area (Å²) in [5, 5.41) is 8.62. The lowest BCUT2D eigenvalue weighted by atomic mass is 10.3. The monoisotopic (exact) mass is 241 g/mol. The molecule has 1 fully saturated rings. The van der Waals surface area contributed by atoms with Crippen molar-refractivity contribution in [2.24, 2.45) is 12.9 Å². The summed E-state index contributed by atoms with van der Waals surface area (Å²) in [5.41, 5.74) is 3.90. The number of thioether (sulfide) groups is 1. The summed E-state index contributed by atoms with van der Waals surface area (Å²) in [6.07, 6.45) is 7.24. The number of rotatable bonds is 5. The molecule has 1 aliphatic rings. The molecule has 6 heteroatoms. The van der Waals surface area contributed by atoms with Crippen molar-refractivity contribution < 1.29 is 0 Å². The van der Waals surface area contributed by atoms with Crippen LogP contribution in [-0.4, -0.2) is 26.0 Å². The van der Waals surface area contributed by atoms with E-state index in [1.165, 1.54) is 25.7 Å². The third-order valence-corrected chi connectivity index (χ3v) is 4.58. The van der Waals surface area contributed by atoms with Crippen LogP contribution in [0.3, 0.4) is 0 Å². The first-order valence-electron chi connectivity index (χ1n) is 5.73. The third-order valence-electron chi connectivity index (χ3n) is 3.11. The number of aryl methyl sites for hydroxylation is 1. The number of hydrazine groups is 1. The average molecular weight is 241 g/mol. The minimum Gasteiger partial charge on any atom is -0.271 e. The van der Waals surface area contributed by atoms with Crippen LogP contribution in [0.25, 0.3) is 0 Å². The second-order valence-electron chi connectivity index (χ2n) is 4.24. The van der Waals surface area contributed by atoms with Gasteiger partial charge in [-0.15, -0.1) is 5.10 Å². The van der Waals surface area contributed by atoms with Crippen molar-refractivity contribution in [2.75, 3.05) is 5.75 Å². The van der Waals surface area contributed by atoms with Gasteiger partial charge in [0.1, 0.15) is 0 Å². The molecular formula is C10H19N5S. The van der Waals surface area contributed by atoms with Gasteiger partial charge in [0.05, 0.1) is 17.9 Å². The summed E-state index contributed by atoms with van der Waals surface area (Å²) < 4.78 is 1.78. The zero-order chi connectivity index (χ0) is 11.4. The van der Waals surface area contributed by atoms with E-state index in [4.69, 9.17) is 5.84 Å². The van der Waals surface area contributed by atoms with E-state index in [-0.39, 0.29) is 6.04 Å². The van der Waals surface area contributed by atoms with Crippen molar-refractivity contribution in [3.8, 4) is 0 Å². The summed E-state index contributed by atoms with van der Waals surface area (Å²) in [6.45, 7) is 0. The van der Waals surface area contributed by atoms with Gasteiger partial charge in [0.2, 0.25) is 0 Å². The molecule has 3 N–H and O–H groups in total. The Labute approximate surface area is 100 Å². The molecule has 1 heterocycles. The van der Waals surface area contributed by atoms with Gasteiger partial charge < -0.3 is 0 Å². The van der Waals surface area contributed by atoms with Crippen molar-refractivity contribution >= 4 is 11.8 Å². The van der Waals surface area contributed by atoms with E-state index < -0.39 is 0 Å². The van der Waals surface area contributed by atoms with Gasteiger partial charge in [0.15, 0.2) is 0 Å². The maximum Gasteiger partial charge on any atom is 0.0775 e. The minimum absolute atomic E-state index is 0.144. The highest BCUT2D eigenvalue weighted by molar-refractivity contribution is 7.99. The Hall–Kier alpha value is -0.590. The van der Waals surface area contributed by atoms with Gasteiger partial charge in [-0.3, -0.25) is 16.0 Å². The van der Waals surface area contributed by atoms with E-state index in [2.05, 4.69) is 15.7 Å². The largest absolute Gasteiger partial charge is 0.271 e. The van der Waals surface area contributed by atoms with Crippen molar-refractivity contribution in [1.29, 1.82) is 0 Å². The molecule has 0 aromatic carbocycles. The highest BCUT2D eigenvalue weighted by Crippen LogP contribution is 2.31. The Morgan fingerprint density at radius 2 is 2.38 bits per heavy atom. The quantitative estimate of drug-likeness (QED) is 0.594. The summed E-state index contributed by atoms with van der Waals surface area (Å²) in [6, 6.07) is 0.144. The molecule has 1 aliphatic carbocycles. The van der Waals surface area contributed by atoms with E-state index in [0.717, 1.165) is 16.7 Å². The number of nitrogens with two attached hydrogens (primary N) is 1. The minimum atomic E-state index is 0.144. The van der Waals surface area contributed by atoms with Crippen LogP contribution in [0.4, 0.5) is 0 Å². The molecule has 5 nitrogen and oxygen atoms in total. The van der Waals surface area contributed by atoms with Crippen molar-refractivity contribution in [2.45, 2.75) is 37.0 Å². The fraction of sp³-hybridized carbons (Fsp3) is 0.800. The lowest BCUT2D eigenvalue weighted by molar-refractivity contribution is 0.550. The molecule has 1 unspecified atom stereocenters. The molecule has 0 spiro atoms. The standard InChI is InChI=1S/C10H19N5S/c1-15-10(6-12-14-15)9(13-11)7-16-8-4-2-3-5-8/h6,8-9,13H,2-5,7,11H2,1H3. The summed E-state index contributed by atoms with van der Waals surface area (Å²) in [7, 11) is 1.90. The molecule has 0 saturated heterocycles. The van der Waals surface area contributed by atoms with E-state index in [0.29, 0.717) is 0 Å². The normalized spacial score (nSPS) is 19.1. The predicted molar refractivity (Wildman–Crippen MR) is 65.8 cm³/mol. The topological polar surface area (TPSA) is 68.8 Å². The lowest BCUT2D eigenvalue weighted by Gasteiger charge is -2.17. The number of nitrogens with zero attached hydrogens (tertiary/aromatic N) is 3.